The summed E-state index contributed by atoms with van der Waals surface area (Å²) in [4.78, 5) is 23.9. The highest BCUT2D eigenvalue weighted by atomic mass is 16.6. The van der Waals surface area contributed by atoms with E-state index in [1.54, 1.807) is 0 Å². The Morgan fingerprint density at radius 3 is 2.40 bits per heavy atom. The van der Waals surface area contributed by atoms with Crippen LogP contribution in [0.4, 0.5) is 0 Å². The standard InChI is InChI=1S/C20H34O5/c1-7-18(22)24-12-15-8-9-17(16(21)10-15)25-19(23)20(6,14(4)5)11-13(2)3/h7,13-17,21H,1,8-12H2,2-6H3. The Hall–Kier alpha value is -1.36. The van der Waals surface area contributed by atoms with Crippen molar-refractivity contribution in [2.45, 2.75) is 72.5 Å². The largest absolute Gasteiger partial charge is 0.462 e. The lowest BCUT2D eigenvalue weighted by molar-refractivity contribution is -0.174. The molecule has 1 rings (SSSR count). The summed E-state index contributed by atoms with van der Waals surface area (Å²) in [7, 11) is 0. The second kappa shape index (κ2) is 9.37. The topological polar surface area (TPSA) is 72.8 Å². The molecule has 5 heteroatoms. The summed E-state index contributed by atoms with van der Waals surface area (Å²) < 4.78 is 10.8. The predicted octanol–water partition coefficient (Wildman–Crippen LogP) is 3.50. The van der Waals surface area contributed by atoms with Gasteiger partial charge in [-0.15, -0.1) is 0 Å². The van der Waals surface area contributed by atoms with Gasteiger partial charge >= 0.3 is 11.9 Å². The van der Waals surface area contributed by atoms with Crippen molar-refractivity contribution < 1.29 is 24.2 Å². The number of hydrogen-bond acceptors (Lipinski definition) is 5. The highest BCUT2D eigenvalue weighted by Gasteiger charge is 2.41. The van der Waals surface area contributed by atoms with Gasteiger partial charge in [0.1, 0.15) is 6.10 Å². The minimum atomic E-state index is -0.722. The van der Waals surface area contributed by atoms with E-state index >= 15 is 0 Å². The van der Waals surface area contributed by atoms with Crippen LogP contribution in [0.15, 0.2) is 12.7 Å². The van der Waals surface area contributed by atoms with Gasteiger partial charge in [0.2, 0.25) is 0 Å². The minimum absolute atomic E-state index is 0.0843. The molecule has 4 atom stereocenters. The Labute approximate surface area is 151 Å². The second-order valence-electron chi connectivity index (χ2n) is 8.19. The zero-order valence-electron chi connectivity index (χ0n) is 16.3. The Morgan fingerprint density at radius 1 is 1.28 bits per heavy atom. The third kappa shape index (κ3) is 6.14. The molecule has 0 radical (unpaired) electrons. The minimum Gasteiger partial charge on any atom is -0.462 e. The smallest absolute Gasteiger partial charge is 0.330 e. The van der Waals surface area contributed by atoms with Crippen LogP contribution in [0.2, 0.25) is 0 Å². The molecule has 0 aromatic rings. The van der Waals surface area contributed by atoms with Crippen LogP contribution in [0, 0.1) is 23.2 Å². The molecule has 0 aliphatic heterocycles. The van der Waals surface area contributed by atoms with Crippen molar-refractivity contribution in [3.05, 3.63) is 12.7 Å². The molecule has 4 unspecified atom stereocenters. The lowest BCUT2D eigenvalue weighted by Gasteiger charge is -2.37. The van der Waals surface area contributed by atoms with Crippen molar-refractivity contribution in [1.82, 2.24) is 0 Å². The Balaban J connectivity index is 2.61. The lowest BCUT2D eigenvalue weighted by Crippen LogP contribution is -2.44. The van der Waals surface area contributed by atoms with Gasteiger partial charge < -0.3 is 14.6 Å². The van der Waals surface area contributed by atoms with E-state index in [-0.39, 0.29) is 24.4 Å². The maximum atomic E-state index is 12.8. The molecule has 0 bridgehead atoms. The molecule has 25 heavy (non-hydrogen) atoms. The van der Waals surface area contributed by atoms with Gasteiger partial charge in [-0.25, -0.2) is 4.79 Å². The van der Waals surface area contributed by atoms with Gasteiger partial charge in [-0.2, -0.15) is 0 Å². The van der Waals surface area contributed by atoms with Crippen LogP contribution in [-0.4, -0.2) is 35.9 Å². The summed E-state index contributed by atoms with van der Waals surface area (Å²) in [6.45, 7) is 13.8. The summed E-state index contributed by atoms with van der Waals surface area (Å²) in [5.74, 6) is -0.0448. The van der Waals surface area contributed by atoms with E-state index in [1.807, 2.05) is 20.8 Å². The molecular formula is C20H34O5. The van der Waals surface area contributed by atoms with Crippen molar-refractivity contribution in [3.8, 4) is 0 Å². The van der Waals surface area contributed by atoms with E-state index < -0.39 is 23.6 Å². The third-order valence-corrected chi connectivity index (χ3v) is 5.32. The van der Waals surface area contributed by atoms with Crippen molar-refractivity contribution in [3.63, 3.8) is 0 Å². The molecule has 0 spiro atoms. The number of rotatable bonds is 8. The number of carbonyl (C=O) groups excluding carboxylic acids is 2. The zero-order chi connectivity index (χ0) is 19.2. The van der Waals surface area contributed by atoms with E-state index in [4.69, 9.17) is 9.47 Å². The van der Waals surface area contributed by atoms with Crippen molar-refractivity contribution >= 4 is 11.9 Å². The van der Waals surface area contributed by atoms with E-state index in [0.717, 1.165) is 18.9 Å². The average molecular weight is 354 g/mol. The zero-order valence-corrected chi connectivity index (χ0v) is 16.3. The van der Waals surface area contributed by atoms with Gasteiger partial charge in [0, 0.05) is 6.08 Å². The van der Waals surface area contributed by atoms with Crippen molar-refractivity contribution in [2.24, 2.45) is 23.2 Å². The van der Waals surface area contributed by atoms with Gasteiger partial charge in [0.15, 0.2) is 0 Å². The van der Waals surface area contributed by atoms with Crippen LogP contribution in [0.1, 0.15) is 60.3 Å². The molecule has 0 heterocycles. The fraction of sp³-hybridized carbons (Fsp3) is 0.800. The van der Waals surface area contributed by atoms with Crippen molar-refractivity contribution in [1.29, 1.82) is 0 Å². The van der Waals surface area contributed by atoms with Gasteiger partial charge in [0.25, 0.3) is 0 Å². The lowest BCUT2D eigenvalue weighted by atomic mass is 9.73. The SMILES string of the molecule is C=CC(=O)OCC1CCC(OC(=O)C(C)(CC(C)C)C(C)C)C(O)C1. The fourth-order valence-electron chi connectivity index (χ4n) is 3.43. The summed E-state index contributed by atoms with van der Waals surface area (Å²) >= 11 is 0. The Kier molecular flexibility index (Phi) is 8.13. The summed E-state index contributed by atoms with van der Waals surface area (Å²) in [5, 5.41) is 10.4. The van der Waals surface area contributed by atoms with Gasteiger partial charge in [-0.05, 0) is 50.4 Å². The first-order valence-corrected chi connectivity index (χ1v) is 9.28. The number of aliphatic hydroxyl groups excluding tert-OH is 1. The number of aliphatic hydroxyl groups is 1. The van der Waals surface area contributed by atoms with Crippen LogP contribution >= 0.6 is 0 Å². The highest BCUT2D eigenvalue weighted by Crippen LogP contribution is 2.37. The van der Waals surface area contributed by atoms with E-state index in [1.165, 1.54) is 0 Å². The first-order valence-electron chi connectivity index (χ1n) is 9.28. The molecule has 144 valence electrons. The fourth-order valence-corrected chi connectivity index (χ4v) is 3.43. The average Bonchev–Trinajstić information content (AvgIpc) is 2.53. The van der Waals surface area contributed by atoms with Gasteiger partial charge in [-0.1, -0.05) is 34.3 Å². The predicted molar refractivity (Wildman–Crippen MR) is 96.8 cm³/mol. The second-order valence-corrected chi connectivity index (χ2v) is 8.19. The molecule has 1 aliphatic carbocycles. The quantitative estimate of drug-likeness (QED) is 0.533. The van der Waals surface area contributed by atoms with Gasteiger partial charge in [-0.3, -0.25) is 4.79 Å². The molecular weight excluding hydrogens is 320 g/mol. The van der Waals surface area contributed by atoms with Crippen LogP contribution in [0.3, 0.4) is 0 Å². The molecule has 0 aromatic heterocycles. The number of ether oxygens (including phenoxy) is 2. The van der Waals surface area contributed by atoms with Crippen LogP contribution in [0.25, 0.3) is 0 Å². The summed E-state index contributed by atoms with van der Waals surface area (Å²) in [6.07, 6.45) is 2.48. The van der Waals surface area contributed by atoms with E-state index in [2.05, 4.69) is 20.4 Å². The first kappa shape index (κ1) is 21.7. The third-order valence-electron chi connectivity index (χ3n) is 5.32. The number of carbonyl (C=O) groups is 2. The number of hydrogen-bond donors (Lipinski definition) is 1. The maximum absolute atomic E-state index is 12.8. The molecule has 0 aromatic carbocycles. The Bertz CT molecular complexity index is 471. The first-order chi connectivity index (χ1) is 11.6. The monoisotopic (exact) mass is 354 g/mol. The van der Waals surface area contributed by atoms with E-state index in [9.17, 15) is 14.7 Å². The molecule has 1 fully saturated rings. The summed E-state index contributed by atoms with van der Waals surface area (Å²) in [5.41, 5.74) is -0.551. The van der Waals surface area contributed by atoms with Crippen molar-refractivity contribution in [2.75, 3.05) is 6.61 Å². The van der Waals surface area contributed by atoms with Crippen LogP contribution in [-0.2, 0) is 19.1 Å². The Morgan fingerprint density at radius 2 is 1.92 bits per heavy atom. The maximum Gasteiger partial charge on any atom is 0.330 e. The normalized spacial score (nSPS) is 26.2. The molecule has 1 aliphatic rings. The molecule has 0 amide bonds. The summed E-state index contributed by atoms with van der Waals surface area (Å²) in [6, 6.07) is 0. The van der Waals surface area contributed by atoms with E-state index in [0.29, 0.717) is 18.8 Å². The van der Waals surface area contributed by atoms with Crippen LogP contribution < -0.4 is 0 Å². The van der Waals surface area contributed by atoms with Crippen LogP contribution in [0.5, 0.6) is 0 Å². The molecule has 0 saturated heterocycles. The molecule has 5 nitrogen and oxygen atoms in total. The highest BCUT2D eigenvalue weighted by molar-refractivity contribution is 5.81. The molecule has 1 N–H and O–H groups in total. The number of esters is 2. The molecule has 1 saturated carbocycles. The van der Waals surface area contributed by atoms with Gasteiger partial charge in [0.05, 0.1) is 18.1 Å².